The summed E-state index contributed by atoms with van der Waals surface area (Å²) in [6.07, 6.45) is 1.72. The van der Waals surface area contributed by atoms with Gasteiger partial charge in [-0.2, -0.15) is 0 Å². The van der Waals surface area contributed by atoms with Crippen LogP contribution in [0, 0.1) is 0 Å². The van der Waals surface area contributed by atoms with Crippen molar-refractivity contribution in [2.45, 2.75) is 13.5 Å². The van der Waals surface area contributed by atoms with Crippen LogP contribution in [0.3, 0.4) is 0 Å². The van der Waals surface area contributed by atoms with Gasteiger partial charge >= 0.3 is 0 Å². The lowest BCUT2D eigenvalue weighted by molar-refractivity contribution is 0.735. The molecule has 2 N–H and O–H groups in total. The minimum atomic E-state index is -0.128. The average molecular weight is 224 g/mol. The highest BCUT2D eigenvalue weighted by atomic mass is 35.5. The van der Waals surface area contributed by atoms with Crippen molar-refractivity contribution in [2.24, 2.45) is 0 Å². The number of nitrogens with zero attached hydrogens (tertiary/aromatic N) is 2. The Balaban J connectivity index is 2.93. The molecular formula is C10H10ClN3O. The van der Waals surface area contributed by atoms with Gasteiger partial charge in [-0.25, -0.2) is 4.98 Å². The third-order valence-corrected chi connectivity index (χ3v) is 2.49. The molecule has 0 saturated heterocycles. The third kappa shape index (κ3) is 1.57. The van der Waals surface area contributed by atoms with Crippen LogP contribution in [0.5, 0.6) is 0 Å². The van der Waals surface area contributed by atoms with Crippen LogP contribution >= 0.6 is 11.6 Å². The summed E-state index contributed by atoms with van der Waals surface area (Å²) < 4.78 is 1.58. The van der Waals surface area contributed by atoms with Gasteiger partial charge in [-0.05, 0) is 24.4 Å². The number of hydrogen-bond donors (Lipinski definition) is 1. The van der Waals surface area contributed by atoms with Crippen molar-refractivity contribution >= 4 is 28.2 Å². The molecule has 4 nitrogen and oxygen atoms in total. The number of hydrogen-bond acceptors (Lipinski definition) is 3. The molecule has 2 aromatic heterocycles. The van der Waals surface area contributed by atoms with Crippen molar-refractivity contribution in [3.8, 4) is 0 Å². The molecule has 0 spiro atoms. The molecule has 0 unspecified atom stereocenters. The SMILES string of the molecule is CCn1ccc2cc(Cl)nc(N)c2c1=O. The van der Waals surface area contributed by atoms with Gasteiger partial charge < -0.3 is 10.3 Å². The molecule has 0 aliphatic carbocycles. The summed E-state index contributed by atoms with van der Waals surface area (Å²) in [5, 5.41) is 1.46. The van der Waals surface area contributed by atoms with Crippen LogP contribution in [-0.4, -0.2) is 9.55 Å². The Hall–Kier alpha value is -1.55. The maximum Gasteiger partial charge on any atom is 0.262 e. The molecule has 78 valence electrons. The van der Waals surface area contributed by atoms with Crippen molar-refractivity contribution in [1.82, 2.24) is 9.55 Å². The smallest absolute Gasteiger partial charge is 0.262 e. The van der Waals surface area contributed by atoms with E-state index in [1.807, 2.05) is 13.0 Å². The number of anilines is 1. The van der Waals surface area contributed by atoms with Crippen molar-refractivity contribution in [3.05, 3.63) is 33.8 Å². The van der Waals surface area contributed by atoms with Crippen LogP contribution in [0.25, 0.3) is 10.8 Å². The number of aryl methyl sites for hydroxylation is 1. The molecule has 0 radical (unpaired) electrons. The number of aromatic nitrogens is 2. The molecule has 5 heteroatoms. The third-order valence-electron chi connectivity index (χ3n) is 2.30. The monoisotopic (exact) mass is 223 g/mol. The number of rotatable bonds is 1. The zero-order chi connectivity index (χ0) is 11.0. The number of nitrogens with two attached hydrogens (primary N) is 1. The topological polar surface area (TPSA) is 60.9 Å². The Labute approximate surface area is 91.3 Å². The Bertz CT molecular complexity index is 577. The summed E-state index contributed by atoms with van der Waals surface area (Å²) in [7, 11) is 0. The zero-order valence-corrected chi connectivity index (χ0v) is 8.95. The Morgan fingerprint density at radius 3 is 3.00 bits per heavy atom. The van der Waals surface area contributed by atoms with Gasteiger partial charge in [0.2, 0.25) is 0 Å². The Morgan fingerprint density at radius 2 is 2.33 bits per heavy atom. The van der Waals surface area contributed by atoms with Crippen LogP contribution in [-0.2, 0) is 6.54 Å². The molecule has 2 rings (SSSR count). The van der Waals surface area contributed by atoms with Crippen LogP contribution in [0.4, 0.5) is 5.82 Å². The summed E-state index contributed by atoms with van der Waals surface area (Å²) in [5.41, 5.74) is 5.54. The van der Waals surface area contributed by atoms with Gasteiger partial charge in [0, 0.05) is 12.7 Å². The fourth-order valence-electron chi connectivity index (χ4n) is 1.55. The maximum absolute atomic E-state index is 11.9. The first kappa shape index (κ1) is 9.98. The van der Waals surface area contributed by atoms with E-state index in [9.17, 15) is 4.79 Å². The number of nitrogen functional groups attached to an aromatic ring is 1. The molecule has 0 saturated carbocycles. The summed E-state index contributed by atoms with van der Waals surface area (Å²) in [6, 6.07) is 3.44. The largest absolute Gasteiger partial charge is 0.383 e. The Kier molecular flexibility index (Phi) is 2.36. The molecule has 0 atom stereocenters. The highest BCUT2D eigenvalue weighted by molar-refractivity contribution is 6.30. The second kappa shape index (κ2) is 3.55. The van der Waals surface area contributed by atoms with Crippen molar-refractivity contribution in [2.75, 3.05) is 5.73 Å². The van der Waals surface area contributed by atoms with Crippen LogP contribution < -0.4 is 11.3 Å². The van der Waals surface area contributed by atoms with Crippen molar-refractivity contribution in [1.29, 1.82) is 0 Å². The van der Waals surface area contributed by atoms with Crippen LogP contribution in [0.2, 0.25) is 5.15 Å². The standard InChI is InChI=1S/C10H10ClN3O/c1-2-14-4-3-6-5-7(11)13-9(12)8(6)10(14)15/h3-5H,2H2,1H3,(H2,12,13). The van der Waals surface area contributed by atoms with E-state index in [0.717, 1.165) is 5.39 Å². The second-order valence-electron chi connectivity index (χ2n) is 3.20. The van der Waals surface area contributed by atoms with Gasteiger partial charge in [0.25, 0.3) is 5.56 Å². The quantitative estimate of drug-likeness (QED) is 0.748. The molecule has 0 aliphatic rings. The Morgan fingerprint density at radius 1 is 1.60 bits per heavy atom. The van der Waals surface area contributed by atoms with Gasteiger partial charge in [-0.3, -0.25) is 4.79 Å². The highest BCUT2D eigenvalue weighted by Crippen LogP contribution is 2.19. The molecule has 2 heterocycles. The lowest BCUT2D eigenvalue weighted by Gasteiger charge is -2.05. The maximum atomic E-state index is 11.9. The fourth-order valence-corrected chi connectivity index (χ4v) is 1.76. The van der Waals surface area contributed by atoms with Gasteiger partial charge in [-0.15, -0.1) is 0 Å². The van der Waals surface area contributed by atoms with E-state index in [-0.39, 0.29) is 11.4 Å². The van der Waals surface area contributed by atoms with Crippen molar-refractivity contribution < 1.29 is 0 Å². The van der Waals surface area contributed by atoms with E-state index in [2.05, 4.69) is 4.98 Å². The fraction of sp³-hybridized carbons (Fsp3) is 0.200. The summed E-state index contributed by atoms with van der Waals surface area (Å²) in [4.78, 5) is 15.8. The minimum Gasteiger partial charge on any atom is -0.383 e. The minimum absolute atomic E-state index is 0.128. The highest BCUT2D eigenvalue weighted by Gasteiger charge is 2.07. The van der Waals surface area contributed by atoms with E-state index in [0.29, 0.717) is 17.1 Å². The normalized spacial score (nSPS) is 10.8. The van der Waals surface area contributed by atoms with E-state index < -0.39 is 0 Å². The van der Waals surface area contributed by atoms with Gasteiger partial charge in [0.05, 0.1) is 5.39 Å². The lowest BCUT2D eigenvalue weighted by atomic mass is 10.2. The first-order valence-electron chi connectivity index (χ1n) is 4.58. The van der Waals surface area contributed by atoms with Crippen molar-refractivity contribution in [3.63, 3.8) is 0 Å². The van der Waals surface area contributed by atoms with E-state index in [4.69, 9.17) is 17.3 Å². The second-order valence-corrected chi connectivity index (χ2v) is 3.59. The number of halogens is 1. The summed E-state index contributed by atoms with van der Waals surface area (Å²) >= 11 is 5.75. The molecular weight excluding hydrogens is 214 g/mol. The molecule has 0 aliphatic heterocycles. The lowest BCUT2D eigenvalue weighted by Crippen LogP contribution is -2.19. The molecule has 15 heavy (non-hydrogen) atoms. The van der Waals surface area contributed by atoms with Crippen LogP contribution in [0.15, 0.2) is 23.1 Å². The van der Waals surface area contributed by atoms with Gasteiger partial charge in [-0.1, -0.05) is 11.6 Å². The molecule has 0 aromatic carbocycles. The predicted molar refractivity (Wildman–Crippen MR) is 61.1 cm³/mol. The zero-order valence-electron chi connectivity index (χ0n) is 8.20. The molecule has 0 amide bonds. The summed E-state index contributed by atoms with van der Waals surface area (Å²) in [6.45, 7) is 2.50. The van der Waals surface area contributed by atoms with Crippen LogP contribution in [0.1, 0.15) is 6.92 Å². The summed E-state index contributed by atoms with van der Waals surface area (Å²) in [5.74, 6) is 0.185. The average Bonchev–Trinajstić information content (AvgIpc) is 2.17. The number of fused-ring (bicyclic) bond motifs is 1. The molecule has 0 bridgehead atoms. The molecule has 0 fully saturated rings. The predicted octanol–water partition coefficient (Wildman–Crippen LogP) is 1.65. The first-order valence-corrected chi connectivity index (χ1v) is 4.96. The van der Waals surface area contributed by atoms with E-state index in [1.165, 1.54) is 0 Å². The van der Waals surface area contributed by atoms with E-state index >= 15 is 0 Å². The number of pyridine rings is 2. The molecule has 2 aromatic rings. The van der Waals surface area contributed by atoms with Gasteiger partial charge in [0.15, 0.2) is 0 Å². The van der Waals surface area contributed by atoms with E-state index in [1.54, 1.807) is 16.8 Å². The first-order chi connectivity index (χ1) is 7.13. The van der Waals surface area contributed by atoms with Gasteiger partial charge in [0.1, 0.15) is 11.0 Å².